The second kappa shape index (κ2) is 6.05. The molecule has 1 aliphatic heterocycles. The minimum atomic E-state index is -1.01. The number of aliphatic hydroxyl groups is 1. The molecule has 0 saturated carbocycles. The summed E-state index contributed by atoms with van der Waals surface area (Å²) in [6.45, 7) is 3.87. The van der Waals surface area contributed by atoms with Crippen molar-refractivity contribution in [3.05, 3.63) is 59.2 Å². The smallest absolute Gasteiger partial charge is 0.337 e. The van der Waals surface area contributed by atoms with Gasteiger partial charge in [-0.1, -0.05) is 24.8 Å². The van der Waals surface area contributed by atoms with E-state index in [1.807, 2.05) is 0 Å². The van der Waals surface area contributed by atoms with Gasteiger partial charge in [0.25, 0.3) is 0 Å². The third-order valence-electron chi connectivity index (χ3n) is 4.44. The first-order valence-electron chi connectivity index (χ1n) is 7.45. The predicted molar refractivity (Wildman–Crippen MR) is 82.7 cm³/mol. The number of rotatable bonds is 3. The van der Waals surface area contributed by atoms with Gasteiger partial charge in [0.2, 0.25) is 0 Å². The lowest BCUT2D eigenvalue weighted by atomic mass is 9.75. The van der Waals surface area contributed by atoms with E-state index in [2.05, 4.69) is 16.1 Å². The molecule has 0 aromatic heterocycles. The number of aliphatic hydroxyl groups excluding tert-OH is 1. The van der Waals surface area contributed by atoms with E-state index in [0.29, 0.717) is 28.7 Å². The molecule has 1 aromatic rings. The first-order valence-corrected chi connectivity index (χ1v) is 7.45. The molecule has 1 aromatic carbocycles. The number of benzene rings is 1. The molecule has 3 rings (SSSR count). The van der Waals surface area contributed by atoms with Gasteiger partial charge in [0, 0.05) is 0 Å². The highest BCUT2D eigenvalue weighted by molar-refractivity contribution is 5.99. The molecule has 3 unspecified atom stereocenters. The molecular formula is C18H16O6. The minimum Gasteiger partial charge on any atom is -0.465 e. The average molecular weight is 328 g/mol. The lowest BCUT2D eigenvalue weighted by molar-refractivity contribution is -0.153. The predicted octanol–water partition coefficient (Wildman–Crippen LogP) is 1.71. The van der Waals surface area contributed by atoms with E-state index in [0.717, 1.165) is 0 Å². The number of allylic oxidation sites excluding steroid dienone is 1. The molecule has 6 heteroatoms. The third kappa shape index (κ3) is 2.55. The van der Waals surface area contributed by atoms with Crippen LogP contribution in [0.5, 0.6) is 0 Å². The van der Waals surface area contributed by atoms with Crippen molar-refractivity contribution >= 4 is 17.9 Å². The summed E-state index contributed by atoms with van der Waals surface area (Å²) in [5, 5.41) is 10.6. The summed E-state index contributed by atoms with van der Waals surface area (Å²) in [7, 11) is 1.29. The van der Waals surface area contributed by atoms with E-state index >= 15 is 0 Å². The van der Waals surface area contributed by atoms with Crippen LogP contribution in [0.4, 0.5) is 0 Å². The van der Waals surface area contributed by atoms with Crippen molar-refractivity contribution in [3.8, 4) is 0 Å². The highest BCUT2D eigenvalue weighted by Crippen LogP contribution is 2.43. The van der Waals surface area contributed by atoms with Crippen LogP contribution in [-0.4, -0.2) is 30.1 Å². The number of methoxy groups -OCH3 is 1. The van der Waals surface area contributed by atoms with Crippen molar-refractivity contribution in [1.29, 1.82) is 0 Å². The van der Waals surface area contributed by atoms with Crippen LogP contribution in [0.1, 0.15) is 28.4 Å². The van der Waals surface area contributed by atoms with Gasteiger partial charge in [0.1, 0.15) is 6.10 Å². The normalized spacial score (nSPS) is 24.1. The summed E-state index contributed by atoms with van der Waals surface area (Å²) >= 11 is 0. The van der Waals surface area contributed by atoms with Crippen molar-refractivity contribution < 1.29 is 29.0 Å². The van der Waals surface area contributed by atoms with E-state index in [9.17, 15) is 19.5 Å². The number of carbonyl (C=O) groups excluding carboxylic acids is 3. The van der Waals surface area contributed by atoms with Crippen LogP contribution in [0.15, 0.2) is 48.1 Å². The van der Waals surface area contributed by atoms with Crippen molar-refractivity contribution in [1.82, 2.24) is 0 Å². The lowest BCUT2D eigenvalue weighted by Gasteiger charge is -2.26. The Bertz CT molecular complexity index is 758. The molecule has 1 N–H and O–H groups in total. The highest BCUT2D eigenvalue weighted by atomic mass is 16.6. The first kappa shape index (κ1) is 16.1. The second-order valence-electron chi connectivity index (χ2n) is 5.76. The Morgan fingerprint density at radius 1 is 1.29 bits per heavy atom. The number of ether oxygens (including phenoxy) is 2. The molecule has 1 heterocycles. The zero-order valence-corrected chi connectivity index (χ0v) is 13.0. The Kier molecular flexibility index (Phi) is 4.07. The Morgan fingerprint density at radius 3 is 2.58 bits per heavy atom. The fourth-order valence-corrected chi connectivity index (χ4v) is 3.11. The van der Waals surface area contributed by atoms with E-state index in [1.54, 1.807) is 30.3 Å². The van der Waals surface area contributed by atoms with Crippen LogP contribution in [0.2, 0.25) is 0 Å². The van der Waals surface area contributed by atoms with Gasteiger partial charge in [0.15, 0.2) is 0 Å². The number of cyclic esters (lactones) is 2. The summed E-state index contributed by atoms with van der Waals surface area (Å²) in [6, 6.07) is 6.31. The Hall–Kier alpha value is -2.73. The van der Waals surface area contributed by atoms with Crippen molar-refractivity contribution in [2.45, 2.75) is 12.5 Å². The molecule has 1 saturated heterocycles. The average Bonchev–Trinajstić information content (AvgIpc) is 2.89. The van der Waals surface area contributed by atoms with E-state index in [-0.39, 0.29) is 0 Å². The van der Waals surface area contributed by atoms with Gasteiger partial charge < -0.3 is 14.6 Å². The fourth-order valence-electron chi connectivity index (χ4n) is 3.11. The van der Waals surface area contributed by atoms with Gasteiger partial charge in [-0.2, -0.15) is 0 Å². The molecule has 124 valence electrons. The number of fused-ring (bicyclic) bond motifs is 1. The van der Waals surface area contributed by atoms with Gasteiger partial charge in [0.05, 0.1) is 24.5 Å². The molecule has 3 atom stereocenters. The monoisotopic (exact) mass is 328 g/mol. The van der Waals surface area contributed by atoms with Crippen LogP contribution >= 0.6 is 0 Å². The molecule has 1 aliphatic carbocycles. The number of carbonyl (C=O) groups is 3. The number of hydrogen-bond acceptors (Lipinski definition) is 6. The van der Waals surface area contributed by atoms with Gasteiger partial charge in [-0.25, -0.2) is 4.79 Å². The summed E-state index contributed by atoms with van der Waals surface area (Å²) in [5.41, 5.74) is 1.81. The molecule has 0 amide bonds. The minimum absolute atomic E-state index is 0.320. The quantitative estimate of drug-likeness (QED) is 0.671. The van der Waals surface area contributed by atoms with Gasteiger partial charge in [-0.05, 0) is 35.3 Å². The van der Waals surface area contributed by atoms with Gasteiger partial charge in [-0.3, -0.25) is 9.59 Å². The van der Waals surface area contributed by atoms with Crippen molar-refractivity contribution in [2.75, 3.05) is 7.11 Å². The maximum atomic E-state index is 11.8. The maximum absolute atomic E-state index is 11.8. The topological polar surface area (TPSA) is 89.9 Å². The van der Waals surface area contributed by atoms with Crippen LogP contribution in [0.3, 0.4) is 0 Å². The zero-order chi connectivity index (χ0) is 17.4. The van der Waals surface area contributed by atoms with Crippen LogP contribution in [0.25, 0.3) is 0 Å². The largest absolute Gasteiger partial charge is 0.465 e. The van der Waals surface area contributed by atoms with Gasteiger partial charge in [-0.15, -0.1) is 0 Å². The lowest BCUT2D eigenvalue weighted by Crippen LogP contribution is -2.25. The summed E-state index contributed by atoms with van der Waals surface area (Å²) < 4.78 is 9.29. The van der Waals surface area contributed by atoms with Crippen LogP contribution in [0, 0.1) is 11.8 Å². The standard InChI is InChI=1S/C18H16O6/c1-9-12(7-8-13-14(9)18(22)24-17(13)21)15(19)10-3-5-11(6-4-10)16(20)23-2/h3-7,13-15,19H,1,8H2,2H3. The Morgan fingerprint density at radius 2 is 1.96 bits per heavy atom. The molecule has 24 heavy (non-hydrogen) atoms. The fraction of sp³-hybridized carbons (Fsp3) is 0.278. The first-order chi connectivity index (χ1) is 11.4. The zero-order valence-electron chi connectivity index (χ0n) is 13.0. The number of hydrogen-bond donors (Lipinski definition) is 1. The third-order valence-corrected chi connectivity index (χ3v) is 4.44. The number of esters is 3. The van der Waals surface area contributed by atoms with Crippen molar-refractivity contribution in [3.63, 3.8) is 0 Å². The maximum Gasteiger partial charge on any atom is 0.337 e. The van der Waals surface area contributed by atoms with E-state index < -0.39 is 35.8 Å². The van der Waals surface area contributed by atoms with E-state index in [1.165, 1.54) is 7.11 Å². The van der Waals surface area contributed by atoms with Crippen LogP contribution in [-0.2, 0) is 19.1 Å². The second-order valence-corrected chi connectivity index (χ2v) is 5.76. The SMILES string of the molecule is C=C1C(C(O)c2ccc(C(=O)OC)cc2)=CCC2C(=O)OC(=O)C12. The molecule has 2 aliphatic rings. The molecule has 1 fully saturated rings. The Labute approximate surface area is 138 Å². The summed E-state index contributed by atoms with van der Waals surface area (Å²) in [4.78, 5) is 34.9. The van der Waals surface area contributed by atoms with E-state index in [4.69, 9.17) is 0 Å². The molecule has 6 nitrogen and oxygen atoms in total. The molecular weight excluding hydrogens is 312 g/mol. The van der Waals surface area contributed by atoms with Crippen molar-refractivity contribution in [2.24, 2.45) is 11.8 Å². The highest BCUT2D eigenvalue weighted by Gasteiger charge is 2.48. The summed E-state index contributed by atoms with van der Waals surface area (Å²) in [6.07, 6.45) is 1.03. The molecule has 0 spiro atoms. The Balaban J connectivity index is 1.85. The van der Waals surface area contributed by atoms with Gasteiger partial charge >= 0.3 is 17.9 Å². The molecule has 0 bridgehead atoms. The van der Waals surface area contributed by atoms with Crippen LogP contribution < -0.4 is 0 Å². The molecule has 0 radical (unpaired) electrons. The summed E-state index contributed by atoms with van der Waals surface area (Å²) in [5.74, 6) is -2.91.